The molecule has 0 radical (unpaired) electrons. The monoisotopic (exact) mass is 513 g/mol. The number of carbonyl (C=O) groups is 1. The predicted molar refractivity (Wildman–Crippen MR) is 140 cm³/mol. The third-order valence-electron chi connectivity index (χ3n) is 6.70. The number of hydrogen-bond donors (Lipinski definition) is 3. The summed E-state index contributed by atoms with van der Waals surface area (Å²) in [4.78, 5) is 15.5. The highest BCUT2D eigenvalue weighted by molar-refractivity contribution is 7.89. The molecular weight excluding hydrogens is 490 g/mol. The van der Waals surface area contributed by atoms with Gasteiger partial charge in [0.25, 0.3) is 5.91 Å². The Bertz CT molecular complexity index is 1780. The molecule has 1 aliphatic carbocycles. The molecule has 0 atom stereocenters. The molecule has 37 heavy (non-hydrogen) atoms. The molecule has 0 spiro atoms. The molecule has 1 aliphatic heterocycles. The van der Waals surface area contributed by atoms with Gasteiger partial charge >= 0.3 is 0 Å². The van der Waals surface area contributed by atoms with E-state index in [9.17, 15) is 13.2 Å². The molecule has 6 rings (SSSR count). The molecule has 186 valence electrons. The fourth-order valence-corrected chi connectivity index (χ4v) is 5.67. The number of carbonyl (C=O) groups excluding carboxylic acids is 1. The highest BCUT2D eigenvalue weighted by atomic mass is 32.2. The molecule has 0 unspecified atom stereocenters. The Morgan fingerprint density at radius 2 is 1.89 bits per heavy atom. The summed E-state index contributed by atoms with van der Waals surface area (Å²) in [6, 6.07) is 13.9. The Balaban J connectivity index is 1.35. The summed E-state index contributed by atoms with van der Waals surface area (Å²) in [6.07, 6.45) is 8.59. The number of rotatable bonds is 4. The summed E-state index contributed by atoms with van der Waals surface area (Å²) >= 11 is 0. The Hall–Kier alpha value is -4.48. The van der Waals surface area contributed by atoms with Crippen molar-refractivity contribution in [2.75, 3.05) is 12.3 Å². The van der Waals surface area contributed by atoms with E-state index in [0.29, 0.717) is 42.1 Å². The number of primary sulfonamides is 1. The number of fused-ring (bicyclic) bond motifs is 2. The van der Waals surface area contributed by atoms with Crippen LogP contribution in [-0.2, 0) is 10.0 Å². The molecule has 11 heteroatoms. The van der Waals surface area contributed by atoms with Gasteiger partial charge in [-0.2, -0.15) is 10.2 Å². The first-order valence-corrected chi connectivity index (χ1v) is 13.2. The van der Waals surface area contributed by atoms with Crippen LogP contribution in [0, 0.1) is 0 Å². The minimum atomic E-state index is -3.88. The van der Waals surface area contributed by atoms with E-state index in [0.717, 1.165) is 27.7 Å². The van der Waals surface area contributed by atoms with Gasteiger partial charge in [0.05, 0.1) is 22.3 Å². The first-order chi connectivity index (χ1) is 17.8. The van der Waals surface area contributed by atoms with Crippen molar-refractivity contribution >= 4 is 38.2 Å². The van der Waals surface area contributed by atoms with Gasteiger partial charge in [-0.15, -0.1) is 0 Å². The van der Waals surface area contributed by atoms with Crippen LogP contribution in [0.15, 0.2) is 89.1 Å². The Morgan fingerprint density at radius 1 is 1.05 bits per heavy atom. The number of H-pyrrole nitrogens is 1. The number of nitrogens with zero attached hydrogens (tertiary/aromatic N) is 4. The van der Waals surface area contributed by atoms with Gasteiger partial charge in [0.1, 0.15) is 5.69 Å². The molecule has 2 aromatic carbocycles. The fourth-order valence-electron chi connectivity index (χ4n) is 4.89. The van der Waals surface area contributed by atoms with Crippen molar-refractivity contribution in [3.05, 3.63) is 95.5 Å². The fraction of sp³-hybridized carbons (Fsp3) is 0.115. The molecule has 0 saturated carbocycles. The maximum Gasteiger partial charge on any atom is 0.277 e. The van der Waals surface area contributed by atoms with E-state index in [2.05, 4.69) is 15.3 Å². The van der Waals surface area contributed by atoms with Crippen molar-refractivity contribution in [1.82, 2.24) is 24.9 Å². The number of sulfonamides is 1. The van der Waals surface area contributed by atoms with Crippen LogP contribution in [-0.4, -0.2) is 45.7 Å². The molecule has 10 nitrogen and oxygen atoms in total. The van der Waals surface area contributed by atoms with Crippen molar-refractivity contribution in [2.45, 2.75) is 17.7 Å². The summed E-state index contributed by atoms with van der Waals surface area (Å²) in [5.74, 6) is 0.190. The van der Waals surface area contributed by atoms with Crippen LogP contribution >= 0.6 is 0 Å². The summed E-state index contributed by atoms with van der Waals surface area (Å²) in [5.41, 5.74) is 11.1. The second-order valence-corrected chi connectivity index (χ2v) is 10.4. The maximum atomic E-state index is 13.7. The van der Waals surface area contributed by atoms with E-state index in [-0.39, 0.29) is 10.8 Å². The van der Waals surface area contributed by atoms with Crippen LogP contribution < -0.4 is 10.9 Å². The molecule has 0 bridgehead atoms. The van der Waals surface area contributed by atoms with Crippen LogP contribution in [0.4, 0.5) is 5.82 Å². The standard InChI is InChI=1S/C26H23N7O3S/c27-25-20-15-18(8-9-21(20)30-31-25)33-23(11-13-29-33)26(34)32-14-12-17-6-5-16(7-10-22(17)32)19-3-1-2-4-24(19)37(28,35)36/h1-4,6-11,13,15H,5,12,14H2,(H3,27,30,31)(H2,28,35,36). The summed E-state index contributed by atoms with van der Waals surface area (Å²) in [6.45, 7) is 0.534. The summed E-state index contributed by atoms with van der Waals surface area (Å²) in [7, 11) is -3.88. The highest BCUT2D eigenvalue weighted by Gasteiger charge is 2.31. The van der Waals surface area contributed by atoms with Gasteiger partial charge in [-0.1, -0.05) is 30.4 Å². The number of nitrogens with two attached hydrogens (primary N) is 2. The lowest BCUT2D eigenvalue weighted by molar-refractivity contribution is 0.0817. The first kappa shape index (κ1) is 23.0. The molecule has 1 amide bonds. The van der Waals surface area contributed by atoms with Gasteiger partial charge in [0.2, 0.25) is 10.0 Å². The van der Waals surface area contributed by atoms with Crippen LogP contribution in [0.3, 0.4) is 0 Å². The first-order valence-electron chi connectivity index (χ1n) is 11.6. The predicted octanol–water partition coefficient (Wildman–Crippen LogP) is 3.12. The van der Waals surface area contributed by atoms with Crippen molar-refractivity contribution in [3.63, 3.8) is 0 Å². The van der Waals surface area contributed by atoms with E-state index in [1.807, 2.05) is 36.4 Å². The molecule has 4 aromatic rings. The Labute approximate surface area is 212 Å². The highest BCUT2D eigenvalue weighted by Crippen LogP contribution is 2.35. The number of amides is 1. The average Bonchev–Trinajstić information content (AvgIpc) is 3.59. The number of aromatic amines is 1. The van der Waals surface area contributed by atoms with Crippen LogP contribution in [0.1, 0.15) is 28.9 Å². The number of hydrogen-bond acceptors (Lipinski definition) is 6. The van der Waals surface area contributed by atoms with Crippen molar-refractivity contribution in [3.8, 4) is 5.69 Å². The number of allylic oxidation sites excluding steroid dienone is 5. The number of nitrogens with one attached hydrogen (secondary N) is 1. The Morgan fingerprint density at radius 3 is 2.73 bits per heavy atom. The topological polar surface area (TPSA) is 153 Å². The van der Waals surface area contributed by atoms with Crippen LogP contribution in [0.25, 0.3) is 22.2 Å². The van der Waals surface area contributed by atoms with Gasteiger partial charge in [0.15, 0.2) is 5.82 Å². The quantitative estimate of drug-likeness (QED) is 0.381. The van der Waals surface area contributed by atoms with E-state index in [4.69, 9.17) is 10.9 Å². The molecular formula is C26H23N7O3S. The summed E-state index contributed by atoms with van der Waals surface area (Å²) in [5, 5.41) is 17.5. The number of benzene rings is 2. The van der Waals surface area contributed by atoms with Gasteiger partial charge < -0.3 is 10.6 Å². The number of likely N-dealkylation sites (tertiary alicyclic amines) is 1. The number of anilines is 1. The molecule has 2 aliphatic rings. The van der Waals surface area contributed by atoms with Crippen molar-refractivity contribution in [2.24, 2.45) is 5.14 Å². The minimum absolute atomic E-state index is 0.0807. The lowest BCUT2D eigenvalue weighted by Gasteiger charge is -2.18. The molecule has 3 heterocycles. The average molecular weight is 514 g/mol. The zero-order valence-electron chi connectivity index (χ0n) is 19.6. The van der Waals surface area contributed by atoms with Gasteiger partial charge in [-0.3, -0.25) is 9.89 Å². The molecule has 5 N–H and O–H groups in total. The van der Waals surface area contributed by atoms with Crippen LogP contribution in [0.2, 0.25) is 0 Å². The zero-order valence-corrected chi connectivity index (χ0v) is 20.4. The van der Waals surface area contributed by atoms with Gasteiger partial charge in [-0.25, -0.2) is 18.2 Å². The molecule has 2 aromatic heterocycles. The zero-order chi connectivity index (χ0) is 25.7. The van der Waals surface area contributed by atoms with E-state index in [1.54, 1.807) is 40.0 Å². The van der Waals surface area contributed by atoms with E-state index in [1.165, 1.54) is 6.07 Å². The third-order valence-corrected chi connectivity index (χ3v) is 7.67. The summed E-state index contributed by atoms with van der Waals surface area (Å²) < 4.78 is 25.8. The van der Waals surface area contributed by atoms with Crippen molar-refractivity contribution in [1.29, 1.82) is 0 Å². The van der Waals surface area contributed by atoms with E-state index >= 15 is 0 Å². The van der Waals surface area contributed by atoms with Gasteiger partial charge in [0, 0.05) is 17.6 Å². The third kappa shape index (κ3) is 3.94. The smallest absolute Gasteiger partial charge is 0.277 e. The Kier molecular flexibility index (Phi) is 5.32. The normalized spacial score (nSPS) is 15.7. The number of nitrogen functional groups attached to an aromatic ring is 1. The number of aromatic nitrogens is 4. The second kappa shape index (κ2) is 8.57. The lowest BCUT2D eigenvalue weighted by Crippen LogP contribution is -2.28. The largest absolute Gasteiger partial charge is 0.382 e. The lowest BCUT2D eigenvalue weighted by atomic mass is 10.0. The van der Waals surface area contributed by atoms with E-state index < -0.39 is 10.0 Å². The van der Waals surface area contributed by atoms with Crippen LogP contribution in [0.5, 0.6) is 0 Å². The molecule has 1 saturated heterocycles. The second-order valence-electron chi connectivity index (χ2n) is 8.89. The SMILES string of the molecule is Nc1n[nH]c2ccc(-n3nccc3C(=O)N3CCC4=CCC(c5ccccc5S(N)(=O)=O)=CC=C43)cc12. The maximum absolute atomic E-state index is 13.7. The van der Waals surface area contributed by atoms with Crippen molar-refractivity contribution < 1.29 is 13.2 Å². The minimum Gasteiger partial charge on any atom is -0.382 e. The van der Waals surface area contributed by atoms with Gasteiger partial charge in [-0.05, 0) is 66.0 Å². The molecule has 1 fully saturated rings.